The molecule has 0 spiro atoms. The minimum Gasteiger partial charge on any atom is -0.494 e. The number of aromatic nitrogens is 2. The van der Waals surface area contributed by atoms with Crippen molar-refractivity contribution in [1.29, 1.82) is 0 Å². The standard InChI is InChI=1S/C36H46Cl2N8O3/c1-5-35(47)42-29-20-30(32(48-4)21-31(29)45-12-9-26(10-13-45)44-16-14-43(15-17-44)24(2)3)41-33-22-34(40-23-39-33)46-27(11-18-49-46)19-25-7-6-8-28(37)36(25)38/h5-8,20-24,26-27H,1,9-19H2,2-4H3,(H,42,47)(H,39,40,41). The van der Waals surface area contributed by atoms with E-state index in [1.54, 1.807) is 13.2 Å². The van der Waals surface area contributed by atoms with Crippen LogP contribution in [0.3, 0.4) is 0 Å². The van der Waals surface area contributed by atoms with Crippen LogP contribution in [0.25, 0.3) is 0 Å². The average molecular weight is 710 g/mol. The Bertz CT molecular complexity index is 1630. The second kappa shape index (κ2) is 15.9. The third kappa shape index (κ3) is 8.24. The second-order valence-corrected chi connectivity index (χ2v) is 13.8. The Hall–Kier alpha value is -3.61. The zero-order valence-electron chi connectivity index (χ0n) is 28.5. The lowest BCUT2D eigenvalue weighted by atomic mass is 10.0. The molecular weight excluding hydrogens is 663 g/mol. The van der Waals surface area contributed by atoms with Gasteiger partial charge < -0.3 is 20.3 Å². The molecule has 4 heterocycles. The lowest BCUT2D eigenvalue weighted by Crippen LogP contribution is -2.54. The van der Waals surface area contributed by atoms with Gasteiger partial charge >= 0.3 is 0 Å². The van der Waals surface area contributed by atoms with Gasteiger partial charge in [0, 0.05) is 63.5 Å². The first-order valence-electron chi connectivity index (χ1n) is 17.1. The fourth-order valence-corrected chi connectivity index (χ4v) is 7.45. The first-order chi connectivity index (χ1) is 23.7. The fraction of sp³-hybridized carbons (Fsp3) is 0.472. The molecule has 0 aliphatic carbocycles. The zero-order valence-corrected chi connectivity index (χ0v) is 30.0. The van der Waals surface area contributed by atoms with E-state index in [1.165, 1.54) is 12.4 Å². The van der Waals surface area contributed by atoms with Crippen LogP contribution in [0.5, 0.6) is 5.75 Å². The molecule has 2 aromatic carbocycles. The molecule has 0 saturated carbocycles. The van der Waals surface area contributed by atoms with Gasteiger partial charge in [0.15, 0.2) is 5.82 Å². The summed E-state index contributed by atoms with van der Waals surface area (Å²) in [5, 5.41) is 9.31. The summed E-state index contributed by atoms with van der Waals surface area (Å²) in [7, 11) is 1.64. The van der Waals surface area contributed by atoms with Crippen molar-refractivity contribution in [3.05, 3.63) is 71.0 Å². The lowest BCUT2D eigenvalue weighted by molar-refractivity contribution is -0.111. The number of hydrogen-bond acceptors (Lipinski definition) is 10. The Morgan fingerprint density at radius 1 is 1.06 bits per heavy atom. The van der Waals surface area contributed by atoms with Crippen molar-refractivity contribution < 1.29 is 14.4 Å². The Morgan fingerprint density at radius 2 is 1.84 bits per heavy atom. The number of benzene rings is 2. The van der Waals surface area contributed by atoms with Gasteiger partial charge in [-0.15, -0.1) is 0 Å². The maximum atomic E-state index is 12.6. The molecular formula is C36H46Cl2N8O3. The minimum atomic E-state index is -0.281. The molecule has 262 valence electrons. The number of halogens is 2. The van der Waals surface area contributed by atoms with E-state index in [9.17, 15) is 4.79 Å². The van der Waals surface area contributed by atoms with Crippen molar-refractivity contribution in [3.8, 4) is 5.75 Å². The number of piperidine rings is 1. The summed E-state index contributed by atoms with van der Waals surface area (Å²) in [6.45, 7) is 15.0. The predicted octanol–water partition coefficient (Wildman–Crippen LogP) is 6.41. The number of hydroxylamine groups is 1. The van der Waals surface area contributed by atoms with Crippen molar-refractivity contribution >= 4 is 57.8 Å². The molecule has 1 amide bonds. The second-order valence-electron chi connectivity index (χ2n) is 13.1. The number of hydrogen-bond donors (Lipinski definition) is 2. The van der Waals surface area contributed by atoms with Crippen LogP contribution in [0, 0.1) is 0 Å². The van der Waals surface area contributed by atoms with Gasteiger partial charge in [-0.2, -0.15) is 0 Å². The number of piperazine rings is 1. The van der Waals surface area contributed by atoms with Gasteiger partial charge in [-0.25, -0.2) is 15.0 Å². The van der Waals surface area contributed by atoms with Crippen molar-refractivity contribution in [2.75, 3.05) is 73.6 Å². The summed E-state index contributed by atoms with van der Waals surface area (Å²) < 4.78 is 5.88. The van der Waals surface area contributed by atoms with E-state index in [0.717, 1.165) is 69.8 Å². The Morgan fingerprint density at radius 3 is 2.55 bits per heavy atom. The van der Waals surface area contributed by atoms with Crippen molar-refractivity contribution in [2.24, 2.45) is 0 Å². The van der Waals surface area contributed by atoms with Gasteiger partial charge in [0.25, 0.3) is 0 Å². The molecule has 1 unspecified atom stereocenters. The summed E-state index contributed by atoms with van der Waals surface area (Å²) in [5.41, 5.74) is 3.19. The number of ether oxygens (including phenoxy) is 1. The topological polar surface area (TPSA) is 98.3 Å². The van der Waals surface area contributed by atoms with E-state index in [2.05, 4.69) is 55.7 Å². The first-order valence-corrected chi connectivity index (χ1v) is 17.8. The molecule has 3 aliphatic heterocycles. The quantitative estimate of drug-likeness (QED) is 0.218. The molecule has 3 aliphatic rings. The van der Waals surface area contributed by atoms with Crippen LogP contribution in [0.4, 0.5) is 28.7 Å². The highest BCUT2D eigenvalue weighted by Gasteiger charge is 2.31. The third-order valence-electron chi connectivity index (χ3n) is 9.80. The molecule has 0 radical (unpaired) electrons. The van der Waals surface area contributed by atoms with Crippen molar-refractivity contribution in [1.82, 2.24) is 19.8 Å². The van der Waals surface area contributed by atoms with Crippen molar-refractivity contribution in [3.63, 3.8) is 0 Å². The summed E-state index contributed by atoms with van der Waals surface area (Å²) in [6.07, 6.45) is 6.36. The third-order valence-corrected chi connectivity index (χ3v) is 10.7. The Labute approximate surface area is 299 Å². The molecule has 0 bridgehead atoms. The van der Waals surface area contributed by atoms with E-state index in [-0.39, 0.29) is 11.9 Å². The number of rotatable bonds is 11. The maximum absolute atomic E-state index is 12.6. The molecule has 6 rings (SSSR count). The number of anilines is 5. The van der Waals surface area contributed by atoms with Crippen LogP contribution < -0.4 is 25.3 Å². The number of carbonyl (C=O) groups excluding carboxylic acids is 1. The number of methoxy groups -OCH3 is 1. The SMILES string of the molecule is C=CC(=O)Nc1cc(Nc2cc(N3OCCC3Cc3cccc(Cl)c3Cl)ncn2)c(OC)cc1N1CCC(N2CCN(C(C)C)CC2)CC1. The summed E-state index contributed by atoms with van der Waals surface area (Å²) in [4.78, 5) is 35.2. The summed E-state index contributed by atoms with van der Waals surface area (Å²) in [6, 6.07) is 12.5. The van der Waals surface area contributed by atoms with Crippen LogP contribution in [-0.2, 0) is 16.1 Å². The largest absolute Gasteiger partial charge is 0.494 e. The number of carbonyl (C=O) groups is 1. The van der Waals surface area contributed by atoms with Crippen LogP contribution in [0.15, 0.2) is 55.4 Å². The monoisotopic (exact) mass is 708 g/mol. The number of nitrogens with one attached hydrogen (secondary N) is 2. The zero-order chi connectivity index (χ0) is 34.5. The molecule has 3 saturated heterocycles. The number of nitrogens with zero attached hydrogens (tertiary/aromatic N) is 6. The summed E-state index contributed by atoms with van der Waals surface area (Å²) in [5.74, 6) is 1.51. The van der Waals surface area contributed by atoms with Crippen LogP contribution in [0.1, 0.15) is 38.7 Å². The van der Waals surface area contributed by atoms with Crippen LogP contribution >= 0.6 is 23.2 Å². The maximum Gasteiger partial charge on any atom is 0.247 e. The highest BCUT2D eigenvalue weighted by atomic mass is 35.5. The lowest BCUT2D eigenvalue weighted by Gasteiger charge is -2.44. The van der Waals surface area contributed by atoms with Gasteiger partial charge in [-0.3, -0.25) is 19.4 Å². The van der Waals surface area contributed by atoms with E-state index in [4.69, 9.17) is 32.8 Å². The Balaban J connectivity index is 1.18. The highest BCUT2D eigenvalue weighted by Crippen LogP contribution is 2.40. The highest BCUT2D eigenvalue weighted by molar-refractivity contribution is 6.42. The van der Waals surface area contributed by atoms with E-state index in [1.807, 2.05) is 35.4 Å². The fourth-order valence-electron chi connectivity index (χ4n) is 7.05. The average Bonchev–Trinajstić information content (AvgIpc) is 3.59. The minimum absolute atomic E-state index is 0.0158. The first kappa shape index (κ1) is 35.2. The van der Waals surface area contributed by atoms with Gasteiger partial charge in [-0.1, -0.05) is 41.9 Å². The predicted molar refractivity (Wildman–Crippen MR) is 198 cm³/mol. The molecule has 3 fully saturated rings. The van der Waals surface area contributed by atoms with E-state index >= 15 is 0 Å². The van der Waals surface area contributed by atoms with Gasteiger partial charge in [0.2, 0.25) is 5.91 Å². The van der Waals surface area contributed by atoms with Gasteiger partial charge in [-0.05, 0) is 63.3 Å². The molecule has 11 nitrogen and oxygen atoms in total. The molecule has 49 heavy (non-hydrogen) atoms. The van der Waals surface area contributed by atoms with Gasteiger partial charge in [0.1, 0.15) is 17.9 Å². The molecule has 1 aromatic heterocycles. The van der Waals surface area contributed by atoms with Crippen LogP contribution in [-0.4, -0.2) is 96.8 Å². The van der Waals surface area contributed by atoms with Crippen LogP contribution in [0.2, 0.25) is 10.0 Å². The van der Waals surface area contributed by atoms with E-state index in [0.29, 0.717) is 63.9 Å². The number of amides is 1. The molecule has 3 aromatic rings. The van der Waals surface area contributed by atoms with E-state index < -0.39 is 0 Å². The molecule has 1 atom stereocenters. The smallest absolute Gasteiger partial charge is 0.247 e. The normalized spacial score (nSPS) is 19.3. The summed E-state index contributed by atoms with van der Waals surface area (Å²) >= 11 is 12.8. The van der Waals surface area contributed by atoms with Crippen molar-refractivity contribution in [2.45, 2.75) is 57.7 Å². The molecule has 2 N–H and O–H groups in total. The molecule has 13 heteroatoms. The van der Waals surface area contributed by atoms with Gasteiger partial charge in [0.05, 0.1) is 46.9 Å². The Kier molecular flexibility index (Phi) is 11.5.